The van der Waals surface area contributed by atoms with Gasteiger partial charge in [0.25, 0.3) is 0 Å². The molecule has 0 atom stereocenters. The summed E-state index contributed by atoms with van der Waals surface area (Å²) in [4.78, 5) is 0. The van der Waals surface area contributed by atoms with Gasteiger partial charge in [-0.1, -0.05) is 19.9 Å². The van der Waals surface area contributed by atoms with Gasteiger partial charge in [-0.2, -0.15) is 0 Å². The number of allylic oxidation sites excluding steroid dienone is 1. The summed E-state index contributed by atoms with van der Waals surface area (Å²) in [6.07, 6.45) is 7.93. The summed E-state index contributed by atoms with van der Waals surface area (Å²) in [6.45, 7) is 11.6. The van der Waals surface area contributed by atoms with Gasteiger partial charge in [-0.15, -0.1) is 0 Å². The Kier molecular flexibility index (Phi) is 8.49. The summed E-state index contributed by atoms with van der Waals surface area (Å²) in [7, 11) is 2.39. The van der Waals surface area contributed by atoms with E-state index in [9.17, 15) is 0 Å². The van der Waals surface area contributed by atoms with Crippen LogP contribution in [-0.4, -0.2) is 37.7 Å². The lowest BCUT2D eigenvalue weighted by Gasteiger charge is -2.34. The third kappa shape index (κ3) is 7.43. The molecule has 0 aromatic heterocycles. The van der Waals surface area contributed by atoms with Crippen molar-refractivity contribution in [3.05, 3.63) is 12.3 Å². The summed E-state index contributed by atoms with van der Waals surface area (Å²) >= 11 is 0. The van der Waals surface area contributed by atoms with E-state index in [1.807, 2.05) is 19.2 Å². The van der Waals surface area contributed by atoms with Crippen LogP contribution in [0.4, 0.5) is 0 Å². The Morgan fingerprint density at radius 2 is 1.67 bits per heavy atom. The van der Waals surface area contributed by atoms with Gasteiger partial charge in [-0.3, -0.25) is 0 Å². The van der Waals surface area contributed by atoms with Crippen molar-refractivity contribution >= 4 is 0 Å². The normalized spacial score (nSPS) is 12.3. The van der Waals surface area contributed by atoms with Crippen LogP contribution in [0.2, 0.25) is 0 Å². The molecule has 0 rings (SSSR count). The highest BCUT2D eigenvalue weighted by Crippen LogP contribution is 2.06. The lowest BCUT2D eigenvalue weighted by molar-refractivity contribution is -0.909. The average molecular weight is 213 g/mol. The van der Waals surface area contributed by atoms with Gasteiger partial charge in [0.05, 0.1) is 26.7 Å². The topological polar surface area (TPSA) is 12.0 Å². The van der Waals surface area contributed by atoms with Crippen LogP contribution in [-0.2, 0) is 0 Å². The molecule has 0 aliphatic heterocycles. The van der Waals surface area contributed by atoms with Gasteiger partial charge in [-0.05, 0) is 26.0 Å². The first-order chi connectivity index (χ1) is 7.18. The van der Waals surface area contributed by atoms with Crippen molar-refractivity contribution in [1.82, 2.24) is 5.32 Å². The maximum absolute atomic E-state index is 3.30. The van der Waals surface area contributed by atoms with Crippen LogP contribution in [0, 0.1) is 0 Å². The van der Waals surface area contributed by atoms with Crippen molar-refractivity contribution in [2.45, 2.75) is 40.0 Å². The first kappa shape index (κ1) is 14.5. The fourth-order valence-corrected chi connectivity index (χ4v) is 2.18. The third-order valence-electron chi connectivity index (χ3n) is 2.83. The Bertz CT molecular complexity index is 158. The first-order valence-electron chi connectivity index (χ1n) is 6.36. The Balaban J connectivity index is 3.74. The van der Waals surface area contributed by atoms with Crippen molar-refractivity contribution in [3.63, 3.8) is 0 Å². The van der Waals surface area contributed by atoms with Gasteiger partial charge in [0.1, 0.15) is 0 Å². The second-order valence-electron chi connectivity index (χ2n) is 4.60. The van der Waals surface area contributed by atoms with E-state index in [-0.39, 0.29) is 0 Å². The zero-order chi connectivity index (χ0) is 11.6. The molecular formula is C13H29N2+. The van der Waals surface area contributed by atoms with Gasteiger partial charge >= 0.3 is 0 Å². The van der Waals surface area contributed by atoms with Crippen LogP contribution < -0.4 is 5.32 Å². The van der Waals surface area contributed by atoms with Crippen LogP contribution >= 0.6 is 0 Å². The minimum Gasteiger partial charge on any atom is -0.391 e. The summed E-state index contributed by atoms with van der Waals surface area (Å²) in [5.41, 5.74) is 0. The SMILES string of the molecule is CC=CNCCC[N+](C)(CCC)CCC. The molecular weight excluding hydrogens is 184 g/mol. The Morgan fingerprint density at radius 1 is 1.07 bits per heavy atom. The molecule has 0 saturated carbocycles. The Hall–Kier alpha value is -0.500. The Labute approximate surface area is 95.9 Å². The van der Waals surface area contributed by atoms with Crippen molar-refractivity contribution in [1.29, 1.82) is 0 Å². The standard InChI is InChI=1S/C13H29N2/c1-5-9-14-10-8-13-15(4,11-6-2)12-7-3/h5,9,14H,6-8,10-13H2,1-4H3/q+1. The number of hydrogen-bond acceptors (Lipinski definition) is 1. The highest BCUT2D eigenvalue weighted by Gasteiger charge is 2.17. The molecule has 2 heteroatoms. The van der Waals surface area contributed by atoms with Crippen LogP contribution in [0.5, 0.6) is 0 Å². The van der Waals surface area contributed by atoms with Gasteiger partial charge in [-0.25, -0.2) is 0 Å². The molecule has 0 radical (unpaired) electrons. The first-order valence-corrected chi connectivity index (χ1v) is 6.36. The highest BCUT2D eigenvalue weighted by molar-refractivity contribution is 4.73. The van der Waals surface area contributed by atoms with Crippen LogP contribution in [0.25, 0.3) is 0 Å². The maximum Gasteiger partial charge on any atom is 0.0801 e. The lowest BCUT2D eigenvalue weighted by atomic mass is 10.2. The fraction of sp³-hybridized carbons (Fsp3) is 0.846. The smallest absolute Gasteiger partial charge is 0.0801 e. The van der Waals surface area contributed by atoms with E-state index in [0.29, 0.717) is 0 Å². The molecule has 0 aliphatic rings. The molecule has 0 bridgehead atoms. The average Bonchev–Trinajstić information content (AvgIpc) is 2.18. The third-order valence-corrected chi connectivity index (χ3v) is 2.83. The molecule has 1 N–H and O–H groups in total. The van der Waals surface area contributed by atoms with E-state index >= 15 is 0 Å². The summed E-state index contributed by atoms with van der Waals surface area (Å²) in [5.74, 6) is 0. The summed E-state index contributed by atoms with van der Waals surface area (Å²) < 4.78 is 1.24. The lowest BCUT2D eigenvalue weighted by Crippen LogP contribution is -2.46. The van der Waals surface area contributed by atoms with Gasteiger partial charge < -0.3 is 9.80 Å². The van der Waals surface area contributed by atoms with E-state index < -0.39 is 0 Å². The minimum atomic E-state index is 1.10. The van der Waals surface area contributed by atoms with Gasteiger partial charge in [0.2, 0.25) is 0 Å². The molecule has 0 aromatic rings. The van der Waals surface area contributed by atoms with E-state index in [4.69, 9.17) is 0 Å². The number of hydrogen-bond donors (Lipinski definition) is 1. The molecule has 0 unspecified atom stereocenters. The minimum absolute atomic E-state index is 1.10. The van der Waals surface area contributed by atoms with E-state index in [1.165, 1.54) is 43.4 Å². The predicted molar refractivity (Wildman–Crippen MR) is 68.8 cm³/mol. The molecule has 2 nitrogen and oxygen atoms in total. The molecule has 0 saturated heterocycles. The van der Waals surface area contributed by atoms with Crippen LogP contribution in [0.15, 0.2) is 12.3 Å². The molecule has 0 heterocycles. The van der Waals surface area contributed by atoms with Crippen LogP contribution in [0.1, 0.15) is 40.0 Å². The number of rotatable bonds is 9. The second kappa shape index (κ2) is 8.78. The molecule has 0 fully saturated rings. The molecule has 0 aliphatic carbocycles. The Morgan fingerprint density at radius 3 is 2.13 bits per heavy atom. The zero-order valence-electron chi connectivity index (χ0n) is 11.1. The van der Waals surface area contributed by atoms with Crippen molar-refractivity contribution < 1.29 is 4.48 Å². The maximum atomic E-state index is 3.30. The van der Waals surface area contributed by atoms with E-state index in [0.717, 1.165) is 6.54 Å². The van der Waals surface area contributed by atoms with Crippen molar-refractivity contribution in [3.8, 4) is 0 Å². The van der Waals surface area contributed by atoms with Gasteiger partial charge in [0, 0.05) is 13.0 Å². The highest BCUT2D eigenvalue weighted by atomic mass is 15.3. The fourth-order valence-electron chi connectivity index (χ4n) is 2.18. The molecule has 0 amide bonds. The summed E-state index contributed by atoms with van der Waals surface area (Å²) in [5, 5.41) is 3.30. The van der Waals surface area contributed by atoms with E-state index in [1.54, 1.807) is 0 Å². The second-order valence-corrected chi connectivity index (χ2v) is 4.60. The number of nitrogens with zero attached hydrogens (tertiary/aromatic N) is 1. The number of nitrogens with one attached hydrogen (secondary N) is 1. The predicted octanol–water partition coefficient (Wildman–Crippen LogP) is 2.77. The van der Waals surface area contributed by atoms with Crippen molar-refractivity contribution in [2.24, 2.45) is 0 Å². The summed E-state index contributed by atoms with van der Waals surface area (Å²) in [6, 6.07) is 0. The molecule has 90 valence electrons. The number of quaternary nitrogens is 1. The molecule has 0 aromatic carbocycles. The molecule has 15 heavy (non-hydrogen) atoms. The van der Waals surface area contributed by atoms with E-state index in [2.05, 4.69) is 26.2 Å². The van der Waals surface area contributed by atoms with Gasteiger partial charge in [0.15, 0.2) is 0 Å². The monoisotopic (exact) mass is 213 g/mol. The van der Waals surface area contributed by atoms with Crippen molar-refractivity contribution in [2.75, 3.05) is 33.2 Å². The van der Waals surface area contributed by atoms with Crippen LogP contribution in [0.3, 0.4) is 0 Å². The molecule has 0 spiro atoms. The quantitative estimate of drug-likeness (QED) is 0.459. The zero-order valence-corrected chi connectivity index (χ0v) is 11.1. The largest absolute Gasteiger partial charge is 0.391 e.